The van der Waals surface area contributed by atoms with Crippen molar-refractivity contribution in [1.82, 2.24) is 9.55 Å². The maximum Gasteiger partial charge on any atom is 0.128 e. The largest absolute Gasteiger partial charge is 0.357 e. The van der Waals surface area contributed by atoms with Gasteiger partial charge in [0.2, 0.25) is 0 Å². The molecule has 1 aliphatic heterocycles. The van der Waals surface area contributed by atoms with Crippen LogP contribution in [0.5, 0.6) is 0 Å². The Bertz CT molecular complexity index is 354. The van der Waals surface area contributed by atoms with Gasteiger partial charge in [-0.15, -0.1) is 0 Å². The van der Waals surface area contributed by atoms with Crippen LogP contribution in [0.1, 0.15) is 39.4 Å². The maximum atomic E-state index is 4.57. The predicted octanol–water partition coefficient (Wildman–Crippen LogP) is 2.61. The predicted molar refractivity (Wildman–Crippen MR) is 67.8 cm³/mol. The average molecular weight is 221 g/mol. The molecule has 1 aliphatic rings. The Hall–Kier alpha value is -0.990. The van der Waals surface area contributed by atoms with Gasteiger partial charge in [-0.2, -0.15) is 0 Å². The van der Waals surface area contributed by atoms with E-state index < -0.39 is 0 Å². The number of aromatic nitrogens is 2. The lowest BCUT2D eigenvalue weighted by atomic mass is 9.92. The van der Waals surface area contributed by atoms with E-state index >= 15 is 0 Å². The molecule has 0 aromatic carbocycles. The van der Waals surface area contributed by atoms with Crippen LogP contribution in [0.25, 0.3) is 0 Å². The van der Waals surface area contributed by atoms with Gasteiger partial charge in [0.1, 0.15) is 11.6 Å². The standard InChI is InChI=1S/C13H23N3/c1-13(2,3)9-11-14-10-12(15(11)4)16-7-5-6-8-16/h10H,5-9H2,1-4H3. The molecule has 3 nitrogen and oxygen atoms in total. The van der Waals surface area contributed by atoms with Crippen LogP contribution in [0.3, 0.4) is 0 Å². The molecule has 90 valence electrons. The summed E-state index contributed by atoms with van der Waals surface area (Å²) >= 11 is 0. The fraction of sp³-hybridized carbons (Fsp3) is 0.769. The molecule has 0 aliphatic carbocycles. The molecular formula is C13H23N3. The second kappa shape index (κ2) is 4.11. The SMILES string of the molecule is Cn1c(N2CCCC2)cnc1CC(C)(C)C. The second-order valence-electron chi connectivity index (χ2n) is 6.02. The second-order valence-corrected chi connectivity index (χ2v) is 6.02. The molecule has 16 heavy (non-hydrogen) atoms. The highest BCUT2D eigenvalue weighted by Crippen LogP contribution is 2.24. The molecular weight excluding hydrogens is 198 g/mol. The van der Waals surface area contributed by atoms with Crippen LogP contribution in [-0.2, 0) is 13.5 Å². The average Bonchev–Trinajstić information content (AvgIpc) is 2.75. The Morgan fingerprint density at radius 3 is 2.44 bits per heavy atom. The quantitative estimate of drug-likeness (QED) is 0.765. The van der Waals surface area contributed by atoms with Crippen molar-refractivity contribution >= 4 is 5.82 Å². The fourth-order valence-corrected chi connectivity index (χ4v) is 2.32. The van der Waals surface area contributed by atoms with Gasteiger partial charge < -0.3 is 9.47 Å². The molecule has 0 radical (unpaired) electrons. The van der Waals surface area contributed by atoms with Gasteiger partial charge in [-0.3, -0.25) is 0 Å². The molecule has 1 saturated heterocycles. The molecule has 0 atom stereocenters. The Morgan fingerprint density at radius 2 is 1.88 bits per heavy atom. The molecule has 1 aromatic heterocycles. The third-order valence-corrected chi connectivity index (χ3v) is 3.18. The van der Waals surface area contributed by atoms with Crippen molar-refractivity contribution in [2.75, 3.05) is 18.0 Å². The van der Waals surface area contributed by atoms with Gasteiger partial charge in [0.05, 0.1) is 6.20 Å². The van der Waals surface area contributed by atoms with E-state index in [2.05, 4.69) is 42.3 Å². The van der Waals surface area contributed by atoms with E-state index in [1.54, 1.807) is 0 Å². The molecule has 0 saturated carbocycles. The fourth-order valence-electron chi connectivity index (χ4n) is 2.32. The van der Waals surface area contributed by atoms with Crippen molar-refractivity contribution in [3.05, 3.63) is 12.0 Å². The van der Waals surface area contributed by atoms with Gasteiger partial charge in [-0.05, 0) is 18.3 Å². The van der Waals surface area contributed by atoms with E-state index in [-0.39, 0.29) is 0 Å². The molecule has 2 heterocycles. The van der Waals surface area contributed by atoms with Crippen LogP contribution in [0.4, 0.5) is 5.82 Å². The third kappa shape index (κ3) is 2.39. The topological polar surface area (TPSA) is 21.1 Å². The van der Waals surface area contributed by atoms with Gasteiger partial charge >= 0.3 is 0 Å². The van der Waals surface area contributed by atoms with Gasteiger partial charge in [-0.1, -0.05) is 20.8 Å². The smallest absolute Gasteiger partial charge is 0.128 e. The van der Waals surface area contributed by atoms with Crippen molar-refractivity contribution in [2.24, 2.45) is 12.5 Å². The van der Waals surface area contributed by atoms with Crippen LogP contribution in [0.15, 0.2) is 6.20 Å². The molecule has 1 fully saturated rings. The summed E-state index contributed by atoms with van der Waals surface area (Å²) in [4.78, 5) is 7.01. The van der Waals surface area contributed by atoms with Gasteiger partial charge in [0, 0.05) is 26.6 Å². The highest BCUT2D eigenvalue weighted by atomic mass is 15.3. The summed E-state index contributed by atoms with van der Waals surface area (Å²) in [5.41, 5.74) is 0.307. The first-order valence-electron chi connectivity index (χ1n) is 6.23. The molecule has 2 rings (SSSR count). The molecule has 0 amide bonds. The van der Waals surface area contributed by atoms with Crippen LogP contribution >= 0.6 is 0 Å². The van der Waals surface area contributed by atoms with E-state index in [1.807, 2.05) is 6.20 Å². The minimum absolute atomic E-state index is 0.307. The molecule has 3 heteroatoms. The summed E-state index contributed by atoms with van der Waals surface area (Å²) in [6, 6.07) is 0. The summed E-state index contributed by atoms with van der Waals surface area (Å²) in [6.07, 6.45) is 5.71. The van der Waals surface area contributed by atoms with Crippen molar-refractivity contribution in [1.29, 1.82) is 0 Å². The number of imidazole rings is 1. The highest BCUT2D eigenvalue weighted by Gasteiger charge is 2.20. The lowest BCUT2D eigenvalue weighted by Crippen LogP contribution is -2.21. The van der Waals surface area contributed by atoms with Crippen LogP contribution in [0.2, 0.25) is 0 Å². The first-order valence-corrected chi connectivity index (χ1v) is 6.23. The van der Waals surface area contributed by atoms with E-state index in [9.17, 15) is 0 Å². The number of nitrogens with zero attached hydrogens (tertiary/aromatic N) is 3. The van der Waals surface area contributed by atoms with E-state index in [1.165, 1.54) is 37.6 Å². The van der Waals surface area contributed by atoms with Crippen molar-refractivity contribution in [3.8, 4) is 0 Å². The lowest BCUT2D eigenvalue weighted by molar-refractivity contribution is 0.395. The maximum absolute atomic E-state index is 4.57. The van der Waals surface area contributed by atoms with Crippen molar-refractivity contribution in [3.63, 3.8) is 0 Å². The number of anilines is 1. The zero-order valence-electron chi connectivity index (χ0n) is 11.0. The lowest BCUT2D eigenvalue weighted by Gasteiger charge is -2.20. The Kier molecular flexibility index (Phi) is 2.96. The summed E-state index contributed by atoms with van der Waals surface area (Å²) in [5, 5.41) is 0. The Morgan fingerprint density at radius 1 is 1.25 bits per heavy atom. The summed E-state index contributed by atoms with van der Waals surface area (Å²) in [6.45, 7) is 9.16. The molecule has 0 unspecified atom stereocenters. The molecule has 0 bridgehead atoms. The Labute approximate surface area is 98.5 Å². The minimum Gasteiger partial charge on any atom is -0.357 e. The first-order chi connectivity index (χ1) is 7.47. The molecule has 0 spiro atoms. The summed E-state index contributed by atoms with van der Waals surface area (Å²) in [5.74, 6) is 2.49. The molecule has 1 aromatic rings. The number of hydrogen-bond acceptors (Lipinski definition) is 2. The van der Waals surface area contributed by atoms with Gasteiger partial charge in [-0.25, -0.2) is 4.98 Å². The number of rotatable bonds is 2. The van der Waals surface area contributed by atoms with Crippen LogP contribution < -0.4 is 4.90 Å². The Balaban J connectivity index is 2.17. The van der Waals surface area contributed by atoms with Crippen LogP contribution in [-0.4, -0.2) is 22.6 Å². The first kappa shape index (κ1) is 11.5. The zero-order chi connectivity index (χ0) is 11.8. The normalized spacial score (nSPS) is 17.1. The zero-order valence-corrected chi connectivity index (χ0v) is 11.0. The number of hydrogen-bond donors (Lipinski definition) is 0. The van der Waals surface area contributed by atoms with Crippen molar-refractivity contribution < 1.29 is 0 Å². The summed E-state index contributed by atoms with van der Waals surface area (Å²) < 4.78 is 2.26. The van der Waals surface area contributed by atoms with Crippen LogP contribution in [0, 0.1) is 5.41 Å². The monoisotopic (exact) mass is 221 g/mol. The van der Waals surface area contributed by atoms with E-state index in [0.29, 0.717) is 5.41 Å². The highest BCUT2D eigenvalue weighted by molar-refractivity contribution is 5.40. The third-order valence-electron chi connectivity index (χ3n) is 3.18. The van der Waals surface area contributed by atoms with Crippen molar-refractivity contribution in [2.45, 2.75) is 40.0 Å². The minimum atomic E-state index is 0.307. The van der Waals surface area contributed by atoms with E-state index in [4.69, 9.17) is 0 Å². The van der Waals surface area contributed by atoms with Gasteiger partial charge in [0.15, 0.2) is 0 Å². The van der Waals surface area contributed by atoms with Gasteiger partial charge in [0.25, 0.3) is 0 Å². The molecule has 0 N–H and O–H groups in total. The summed E-state index contributed by atoms with van der Waals surface area (Å²) in [7, 11) is 2.14. The van der Waals surface area contributed by atoms with E-state index in [0.717, 1.165) is 6.42 Å².